The number of nitrogens with one attached hydrogen (secondary N) is 2. The number of hydrogen-bond donors (Lipinski definition) is 2. The number of benzene rings is 1. The van der Waals surface area contributed by atoms with Crippen LogP contribution in [0.15, 0.2) is 23.2 Å². The zero-order valence-electron chi connectivity index (χ0n) is 16.9. The molecule has 1 aromatic carbocycles. The number of nitrogens with zero attached hydrogens (tertiary/aromatic N) is 3. The van der Waals surface area contributed by atoms with Crippen molar-refractivity contribution >= 4 is 47.4 Å². The molecule has 0 saturated carbocycles. The van der Waals surface area contributed by atoms with Gasteiger partial charge in [0.15, 0.2) is 5.96 Å². The first-order valence-electron chi connectivity index (χ1n) is 9.49. The summed E-state index contributed by atoms with van der Waals surface area (Å²) in [5.41, 5.74) is 0.533. The standard InChI is InChI=1S/C19H29ClFN5O2.HI/c1-3-22-19(24-13-18(27)23-7-12-28-2)26-10-8-25(9-11-26)14-15-16(20)5-4-6-17(15)21;/h4-6H,3,7-14H2,1-2H3,(H,22,24)(H,23,27);1H. The van der Waals surface area contributed by atoms with Crippen molar-refractivity contribution in [3.63, 3.8) is 0 Å². The molecule has 0 bridgehead atoms. The van der Waals surface area contributed by atoms with E-state index in [2.05, 4.69) is 25.4 Å². The second-order valence-electron chi connectivity index (χ2n) is 6.48. The SMILES string of the molecule is CCNC(=NCC(=O)NCCOC)N1CCN(Cc2c(F)cccc2Cl)CC1.I. The Morgan fingerprint density at radius 2 is 2.00 bits per heavy atom. The maximum absolute atomic E-state index is 14.0. The molecule has 2 N–H and O–H groups in total. The van der Waals surface area contributed by atoms with Crippen molar-refractivity contribution in [1.82, 2.24) is 20.4 Å². The van der Waals surface area contributed by atoms with Crippen molar-refractivity contribution in [3.8, 4) is 0 Å². The third-order valence-electron chi connectivity index (χ3n) is 4.45. The predicted octanol–water partition coefficient (Wildman–Crippen LogP) is 1.94. The van der Waals surface area contributed by atoms with Gasteiger partial charge in [-0.15, -0.1) is 24.0 Å². The smallest absolute Gasteiger partial charge is 0.241 e. The fourth-order valence-corrected chi connectivity index (χ4v) is 3.17. The molecule has 0 unspecified atom stereocenters. The molecule has 1 heterocycles. The summed E-state index contributed by atoms with van der Waals surface area (Å²) >= 11 is 6.13. The van der Waals surface area contributed by atoms with E-state index in [0.717, 1.165) is 32.7 Å². The van der Waals surface area contributed by atoms with Crippen molar-refractivity contribution in [1.29, 1.82) is 0 Å². The summed E-state index contributed by atoms with van der Waals surface area (Å²) in [5.74, 6) is 0.303. The lowest BCUT2D eigenvalue weighted by Crippen LogP contribution is -2.52. The number of ether oxygens (including phenoxy) is 1. The zero-order valence-corrected chi connectivity index (χ0v) is 20.0. The minimum atomic E-state index is -0.274. The molecule has 0 radical (unpaired) electrons. The summed E-state index contributed by atoms with van der Waals surface area (Å²) in [5, 5.41) is 6.44. The van der Waals surface area contributed by atoms with Crippen LogP contribution in [0.4, 0.5) is 4.39 Å². The van der Waals surface area contributed by atoms with Gasteiger partial charge in [0.2, 0.25) is 5.91 Å². The third-order valence-corrected chi connectivity index (χ3v) is 4.81. The van der Waals surface area contributed by atoms with Crippen LogP contribution in [0.5, 0.6) is 0 Å². The van der Waals surface area contributed by atoms with Gasteiger partial charge in [-0.3, -0.25) is 9.69 Å². The minimum absolute atomic E-state index is 0. The lowest BCUT2D eigenvalue weighted by Gasteiger charge is -2.36. The quantitative estimate of drug-likeness (QED) is 0.228. The lowest BCUT2D eigenvalue weighted by molar-refractivity contribution is -0.119. The van der Waals surface area contributed by atoms with E-state index in [1.807, 2.05) is 6.92 Å². The number of rotatable bonds is 8. The fourth-order valence-electron chi connectivity index (χ4n) is 2.95. The Kier molecular flexibility index (Phi) is 12.4. The Labute approximate surface area is 194 Å². The van der Waals surface area contributed by atoms with E-state index in [9.17, 15) is 9.18 Å². The van der Waals surface area contributed by atoms with Crippen LogP contribution in [0.3, 0.4) is 0 Å². The molecule has 10 heteroatoms. The van der Waals surface area contributed by atoms with Crippen LogP contribution in [0.1, 0.15) is 12.5 Å². The van der Waals surface area contributed by atoms with Crippen LogP contribution >= 0.6 is 35.6 Å². The number of amides is 1. The highest BCUT2D eigenvalue weighted by molar-refractivity contribution is 14.0. The fraction of sp³-hybridized carbons (Fsp3) is 0.579. The molecular weight excluding hydrogens is 512 g/mol. The molecule has 0 atom stereocenters. The highest BCUT2D eigenvalue weighted by Crippen LogP contribution is 2.21. The van der Waals surface area contributed by atoms with E-state index in [-0.39, 0.29) is 42.2 Å². The summed E-state index contributed by atoms with van der Waals surface area (Å²) in [6.07, 6.45) is 0. The summed E-state index contributed by atoms with van der Waals surface area (Å²) in [7, 11) is 1.59. The summed E-state index contributed by atoms with van der Waals surface area (Å²) in [4.78, 5) is 20.6. The highest BCUT2D eigenvalue weighted by atomic mass is 127. The molecule has 2 rings (SSSR count). The van der Waals surface area contributed by atoms with E-state index in [1.165, 1.54) is 6.07 Å². The molecule has 1 saturated heterocycles. The van der Waals surface area contributed by atoms with Crippen molar-refractivity contribution in [2.75, 3.05) is 59.5 Å². The van der Waals surface area contributed by atoms with E-state index >= 15 is 0 Å². The third kappa shape index (κ3) is 8.61. The Morgan fingerprint density at radius 1 is 1.28 bits per heavy atom. The Balaban J connectivity index is 0.00000420. The largest absolute Gasteiger partial charge is 0.383 e. The molecule has 7 nitrogen and oxygen atoms in total. The molecule has 1 fully saturated rings. The lowest BCUT2D eigenvalue weighted by atomic mass is 10.2. The first-order valence-corrected chi connectivity index (χ1v) is 9.87. The van der Waals surface area contributed by atoms with Crippen molar-refractivity contribution in [2.45, 2.75) is 13.5 Å². The maximum Gasteiger partial charge on any atom is 0.241 e. The molecule has 164 valence electrons. The van der Waals surface area contributed by atoms with Crippen LogP contribution in [0.2, 0.25) is 5.02 Å². The van der Waals surface area contributed by atoms with E-state index in [4.69, 9.17) is 16.3 Å². The van der Waals surface area contributed by atoms with Crippen LogP contribution in [-0.2, 0) is 16.1 Å². The monoisotopic (exact) mass is 541 g/mol. The van der Waals surface area contributed by atoms with E-state index in [0.29, 0.717) is 36.2 Å². The van der Waals surface area contributed by atoms with Crippen LogP contribution < -0.4 is 10.6 Å². The molecule has 1 amide bonds. The first kappa shape index (κ1) is 25.9. The highest BCUT2D eigenvalue weighted by Gasteiger charge is 2.21. The van der Waals surface area contributed by atoms with Gasteiger partial charge in [0.25, 0.3) is 0 Å². The van der Waals surface area contributed by atoms with Crippen molar-refractivity contribution < 1.29 is 13.9 Å². The minimum Gasteiger partial charge on any atom is -0.383 e. The number of carbonyl (C=O) groups excluding carboxylic acids is 1. The summed E-state index contributed by atoms with van der Waals surface area (Å²) in [6, 6.07) is 4.76. The molecule has 0 aliphatic carbocycles. The Bertz CT molecular complexity index is 652. The summed E-state index contributed by atoms with van der Waals surface area (Å²) < 4.78 is 18.9. The van der Waals surface area contributed by atoms with Gasteiger partial charge in [0.1, 0.15) is 12.4 Å². The van der Waals surface area contributed by atoms with Gasteiger partial charge in [0, 0.05) is 63.5 Å². The van der Waals surface area contributed by atoms with Crippen LogP contribution in [-0.4, -0.2) is 81.2 Å². The molecule has 1 aromatic rings. The van der Waals surface area contributed by atoms with Crippen molar-refractivity contribution in [3.05, 3.63) is 34.6 Å². The average molecular weight is 542 g/mol. The molecule has 0 spiro atoms. The Morgan fingerprint density at radius 3 is 2.62 bits per heavy atom. The van der Waals surface area contributed by atoms with Gasteiger partial charge < -0.3 is 20.3 Å². The number of methoxy groups -OCH3 is 1. The molecule has 29 heavy (non-hydrogen) atoms. The molecule has 1 aliphatic rings. The second-order valence-corrected chi connectivity index (χ2v) is 6.88. The molecular formula is C19H30ClFIN5O2. The predicted molar refractivity (Wildman–Crippen MR) is 125 cm³/mol. The summed E-state index contributed by atoms with van der Waals surface area (Å²) in [6.45, 7) is 7.20. The second kappa shape index (κ2) is 13.9. The normalized spacial score (nSPS) is 15.0. The van der Waals surface area contributed by atoms with Crippen molar-refractivity contribution in [2.24, 2.45) is 4.99 Å². The molecule has 0 aromatic heterocycles. The van der Waals surface area contributed by atoms with Crippen LogP contribution in [0, 0.1) is 5.82 Å². The number of carbonyl (C=O) groups is 1. The number of guanidine groups is 1. The number of halogens is 3. The van der Waals surface area contributed by atoms with Gasteiger partial charge in [-0.05, 0) is 19.1 Å². The maximum atomic E-state index is 14.0. The zero-order chi connectivity index (χ0) is 20.4. The van der Waals surface area contributed by atoms with Gasteiger partial charge in [-0.25, -0.2) is 9.38 Å². The topological polar surface area (TPSA) is 69.2 Å². The van der Waals surface area contributed by atoms with Gasteiger partial charge in [-0.1, -0.05) is 17.7 Å². The number of aliphatic imine (C=N–C) groups is 1. The number of piperazine rings is 1. The average Bonchev–Trinajstić information content (AvgIpc) is 2.69. The van der Waals surface area contributed by atoms with Crippen LogP contribution in [0.25, 0.3) is 0 Å². The molecule has 1 aliphatic heterocycles. The van der Waals surface area contributed by atoms with E-state index in [1.54, 1.807) is 19.2 Å². The van der Waals surface area contributed by atoms with Gasteiger partial charge >= 0.3 is 0 Å². The van der Waals surface area contributed by atoms with E-state index < -0.39 is 0 Å². The number of hydrogen-bond acceptors (Lipinski definition) is 4. The first-order chi connectivity index (χ1) is 13.5. The van der Waals surface area contributed by atoms with Gasteiger partial charge in [0.05, 0.1) is 6.61 Å². The Hall–Kier alpha value is -1.17. The van der Waals surface area contributed by atoms with Gasteiger partial charge in [-0.2, -0.15) is 0 Å².